The van der Waals surface area contributed by atoms with Crippen LogP contribution in [0.15, 0.2) is 328 Å². The van der Waals surface area contributed by atoms with Crippen LogP contribution in [-0.4, -0.2) is 14.1 Å². The van der Waals surface area contributed by atoms with Crippen LogP contribution in [0.4, 0.5) is 0 Å². The van der Waals surface area contributed by atoms with Crippen molar-refractivity contribution in [3.63, 3.8) is 0 Å². The number of nitrogens with zero attached hydrogens (tertiary/aromatic N) is 4. The average Bonchev–Trinajstić information content (AvgIpc) is 1.32. The lowest BCUT2D eigenvalue weighted by molar-refractivity contribution is 1.01. The minimum absolute atomic E-state index is 0.602. The molecule has 0 atom stereocenters. The quantitative estimate of drug-likeness (QED) is 0.130. The second-order valence-electron chi connectivity index (χ2n) is 22.5. The van der Waals surface area contributed by atoms with E-state index in [0.29, 0.717) is 5.56 Å². The third-order valence-corrected chi connectivity index (χ3v) is 17.4. The van der Waals surface area contributed by atoms with Crippen molar-refractivity contribution in [2.24, 2.45) is 0 Å². The zero-order valence-corrected chi connectivity index (χ0v) is 48.0. The molecule has 13 aromatic carbocycles. The van der Waals surface area contributed by atoms with Gasteiger partial charge in [-0.1, -0.05) is 267 Å². The number of nitriles is 1. The average molecular weight is 1120 g/mol. The van der Waals surface area contributed by atoms with E-state index in [2.05, 4.69) is 331 Å². The fourth-order valence-electron chi connectivity index (χ4n) is 13.4. The summed E-state index contributed by atoms with van der Waals surface area (Å²) in [4.78, 5) is 6.04. The maximum absolute atomic E-state index is 12.0. The van der Waals surface area contributed by atoms with Gasteiger partial charge in [0.25, 0.3) is 0 Å². The van der Waals surface area contributed by atoms with Crippen LogP contribution in [0.1, 0.15) is 5.56 Å². The van der Waals surface area contributed by atoms with Crippen LogP contribution in [0.5, 0.6) is 0 Å². The molecule has 88 heavy (non-hydrogen) atoms. The standard InChI is InChI=1S/C84H54N4/c85-55-73-80(60-33-17-5-18-34-60)82(62-37-21-7-22-38-62)84(83(63-39-23-8-24-40-63)81(73)61-35-19-6-20-36-61)68-53-78(87-74-45-41-64(56-25-9-1-10-26-56)49-69(74)70-50-65(42-46-75(70)87)57-27-11-2-12-28-57)86-79(54-68)88-76-47-43-66(58-29-13-3-14-30-58)51-71(76)72-52-67(44-48-77(72)88)59-31-15-4-16-32-59/h1-54H. The lowest BCUT2D eigenvalue weighted by atomic mass is 9.76. The Morgan fingerprint density at radius 2 is 0.443 bits per heavy atom. The third kappa shape index (κ3) is 8.97. The number of rotatable bonds is 11. The van der Waals surface area contributed by atoms with Crippen LogP contribution in [0, 0.1) is 11.3 Å². The van der Waals surface area contributed by atoms with Crippen molar-refractivity contribution in [2.75, 3.05) is 0 Å². The van der Waals surface area contributed by atoms with Crippen molar-refractivity contribution >= 4 is 43.6 Å². The Hall–Kier alpha value is -11.9. The van der Waals surface area contributed by atoms with E-state index in [9.17, 15) is 5.26 Å². The molecule has 0 aliphatic rings. The van der Waals surface area contributed by atoms with Crippen LogP contribution in [0.3, 0.4) is 0 Å². The summed E-state index contributed by atoms with van der Waals surface area (Å²) >= 11 is 0. The molecule has 0 N–H and O–H groups in total. The molecule has 4 nitrogen and oxygen atoms in total. The van der Waals surface area contributed by atoms with Crippen LogP contribution >= 0.6 is 0 Å². The molecule has 0 aliphatic carbocycles. The van der Waals surface area contributed by atoms with E-state index < -0.39 is 0 Å². The minimum Gasteiger partial charge on any atom is -0.294 e. The highest BCUT2D eigenvalue weighted by Gasteiger charge is 2.30. The van der Waals surface area contributed by atoms with Crippen molar-refractivity contribution in [2.45, 2.75) is 0 Å². The Morgan fingerprint density at radius 3 is 0.693 bits per heavy atom. The minimum atomic E-state index is 0.602. The zero-order valence-electron chi connectivity index (χ0n) is 48.0. The molecule has 16 aromatic rings. The SMILES string of the molecule is N#Cc1c(-c2ccccc2)c(-c2ccccc2)c(-c2cc(-n3c4ccc(-c5ccccc5)cc4c4cc(-c5ccccc5)ccc43)nc(-n3c4ccc(-c5ccccc5)cc4c4cc(-c5ccccc5)ccc43)c2)c(-c2ccccc2)c1-c1ccccc1. The number of hydrogen-bond acceptors (Lipinski definition) is 2. The largest absolute Gasteiger partial charge is 0.294 e. The summed E-state index contributed by atoms with van der Waals surface area (Å²) in [6, 6.07) is 120. The van der Waals surface area contributed by atoms with Crippen molar-refractivity contribution in [3.8, 4) is 118 Å². The second-order valence-corrected chi connectivity index (χ2v) is 22.5. The summed E-state index contributed by atoms with van der Waals surface area (Å²) in [6.45, 7) is 0. The van der Waals surface area contributed by atoms with Gasteiger partial charge in [-0.15, -0.1) is 0 Å². The van der Waals surface area contributed by atoms with Gasteiger partial charge in [-0.25, -0.2) is 4.98 Å². The zero-order chi connectivity index (χ0) is 58.5. The summed E-state index contributed by atoms with van der Waals surface area (Å²) < 4.78 is 4.75. The van der Waals surface area contributed by atoms with Crippen molar-refractivity contribution in [1.82, 2.24) is 14.1 Å². The van der Waals surface area contributed by atoms with Gasteiger partial charge in [0.15, 0.2) is 0 Å². The molecule has 0 radical (unpaired) electrons. The van der Waals surface area contributed by atoms with Crippen LogP contribution in [-0.2, 0) is 0 Å². The Bertz CT molecular complexity index is 4810. The Labute approximate surface area is 511 Å². The van der Waals surface area contributed by atoms with E-state index in [4.69, 9.17) is 4.98 Å². The van der Waals surface area contributed by atoms with E-state index in [1.807, 2.05) is 12.1 Å². The Morgan fingerprint density at radius 1 is 0.216 bits per heavy atom. The molecule has 3 aromatic heterocycles. The molecule has 0 fully saturated rings. The van der Waals surface area contributed by atoms with Gasteiger partial charge in [-0.05, 0) is 150 Å². The van der Waals surface area contributed by atoms with E-state index in [1.165, 1.54) is 0 Å². The molecule has 0 aliphatic heterocycles. The molecule has 0 bridgehead atoms. The first-order chi connectivity index (χ1) is 43.6. The predicted molar refractivity (Wildman–Crippen MR) is 367 cm³/mol. The number of hydrogen-bond donors (Lipinski definition) is 0. The third-order valence-electron chi connectivity index (χ3n) is 17.4. The monoisotopic (exact) mass is 1120 g/mol. The van der Waals surface area contributed by atoms with Crippen LogP contribution < -0.4 is 0 Å². The van der Waals surface area contributed by atoms with Crippen LogP contribution in [0.2, 0.25) is 0 Å². The highest BCUT2D eigenvalue weighted by Crippen LogP contribution is 2.54. The van der Waals surface area contributed by atoms with Gasteiger partial charge < -0.3 is 0 Å². The summed E-state index contributed by atoms with van der Waals surface area (Å²) in [5, 5.41) is 16.4. The summed E-state index contributed by atoms with van der Waals surface area (Å²) in [5.74, 6) is 1.49. The molecule has 16 rings (SSSR count). The first kappa shape index (κ1) is 51.7. The summed E-state index contributed by atoms with van der Waals surface area (Å²) in [5.41, 5.74) is 23.3. The van der Waals surface area contributed by atoms with Crippen molar-refractivity contribution in [3.05, 3.63) is 333 Å². The topological polar surface area (TPSA) is 46.5 Å². The predicted octanol–water partition coefficient (Wildman–Crippen LogP) is 22.2. The smallest absolute Gasteiger partial charge is 0.140 e. The molecule has 4 heteroatoms. The highest BCUT2D eigenvalue weighted by molar-refractivity contribution is 6.15. The van der Waals surface area contributed by atoms with Gasteiger partial charge in [0.05, 0.1) is 27.6 Å². The van der Waals surface area contributed by atoms with Crippen molar-refractivity contribution in [1.29, 1.82) is 5.26 Å². The number of pyridine rings is 1. The molecule has 0 spiro atoms. The fourth-order valence-corrected chi connectivity index (χ4v) is 13.4. The molecular formula is C84H54N4. The number of aromatic nitrogens is 3. The van der Waals surface area contributed by atoms with Gasteiger partial charge >= 0.3 is 0 Å². The van der Waals surface area contributed by atoms with Gasteiger partial charge in [0.2, 0.25) is 0 Å². The lowest BCUT2D eigenvalue weighted by Crippen LogP contribution is -2.06. The van der Waals surface area contributed by atoms with E-state index in [1.54, 1.807) is 0 Å². The summed E-state index contributed by atoms with van der Waals surface area (Å²) in [6.07, 6.45) is 0. The molecule has 3 heterocycles. The van der Waals surface area contributed by atoms with E-state index in [-0.39, 0.29) is 0 Å². The molecule has 0 amide bonds. The van der Waals surface area contributed by atoms with E-state index >= 15 is 0 Å². The lowest BCUT2D eigenvalue weighted by Gasteiger charge is -2.27. The first-order valence-electron chi connectivity index (χ1n) is 29.9. The fraction of sp³-hybridized carbons (Fsp3) is 0. The normalized spacial score (nSPS) is 11.4. The highest BCUT2D eigenvalue weighted by atomic mass is 15.1. The molecule has 0 saturated carbocycles. The number of benzene rings is 13. The van der Waals surface area contributed by atoms with Crippen molar-refractivity contribution < 1.29 is 0 Å². The maximum Gasteiger partial charge on any atom is 0.140 e. The number of fused-ring (bicyclic) bond motifs is 6. The van der Waals surface area contributed by atoms with Gasteiger partial charge in [0.1, 0.15) is 17.7 Å². The molecule has 0 saturated heterocycles. The second kappa shape index (κ2) is 21.9. The molecule has 0 unspecified atom stereocenters. The Balaban J connectivity index is 1.09. The van der Waals surface area contributed by atoms with Gasteiger partial charge in [0, 0.05) is 32.7 Å². The first-order valence-corrected chi connectivity index (χ1v) is 29.9. The Kier molecular flexibility index (Phi) is 12.9. The van der Waals surface area contributed by atoms with Crippen LogP contribution in [0.25, 0.3) is 155 Å². The maximum atomic E-state index is 12.0. The van der Waals surface area contributed by atoms with E-state index in [0.717, 1.165) is 155 Å². The van der Waals surface area contributed by atoms with Gasteiger partial charge in [-0.2, -0.15) is 5.26 Å². The van der Waals surface area contributed by atoms with Gasteiger partial charge in [-0.3, -0.25) is 9.13 Å². The molecule has 410 valence electrons. The molecular weight excluding hydrogens is 1060 g/mol. The summed E-state index contributed by atoms with van der Waals surface area (Å²) in [7, 11) is 0.